The van der Waals surface area contributed by atoms with Gasteiger partial charge in [0.15, 0.2) is 5.60 Å². The molecule has 3 aromatic heterocycles. The fourth-order valence-electron chi connectivity index (χ4n) is 4.37. The molecule has 0 radical (unpaired) electrons. The molecule has 0 fully saturated rings. The number of aliphatic hydroxyl groups is 1. The third-order valence-corrected chi connectivity index (χ3v) is 6.40. The lowest BCUT2D eigenvalue weighted by molar-refractivity contribution is -0.170. The number of imidazole rings is 1. The van der Waals surface area contributed by atoms with Crippen LogP contribution in [0.5, 0.6) is 0 Å². The van der Waals surface area contributed by atoms with Crippen molar-refractivity contribution < 1.29 is 39.2 Å². The Hall–Kier alpha value is -4.88. The molecule has 0 aliphatic rings. The number of rotatable bonds is 14. The smallest absolute Gasteiger partial charge is 0.336 e. The molecule has 0 bridgehead atoms. The van der Waals surface area contributed by atoms with Crippen molar-refractivity contribution >= 4 is 17.9 Å². The molecular formula is C30H34FN5O7. The monoisotopic (exact) mass is 595 g/mol. The van der Waals surface area contributed by atoms with Gasteiger partial charge in [0.05, 0.1) is 19.2 Å². The summed E-state index contributed by atoms with van der Waals surface area (Å²) >= 11 is 0. The van der Waals surface area contributed by atoms with Gasteiger partial charge in [-0.05, 0) is 60.9 Å². The molecule has 0 aliphatic carbocycles. The van der Waals surface area contributed by atoms with E-state index in [1.807, 2.05) is 43.1 Å². The molecule has 1 aromatic carbocycles. The van der Waals surface area contributed by atoms with E-state index in [9.17, 15) is 18.8 Å². The zero-order valence-electron chi connectivity index (χ0n) is 23.6. The van der Waals surface area contributed by atoms with E-state index >= 15 is 0 Å². The van der Waals surface area contributed by atoms with Crippen LogP contribution in [0.1, 0.15) is 36.1 Å². The number of aromatic nitrogens is 4. The van der Waals surface area contributed by atoms with E-state index in [0.717, 1.165) is 43.1 Å². The fourth-order valence-corrected chi connectivity index (χ4v) is 4.37. The first-order valence-electron chi connectivity index (χ1n) is 13.4. The van der Waals surface area contributed by atoms with Gasteiger partial charge >= 0.3 is 17.9 Å². The number of carboxylic acid groups (broad SMARTS) is 3. The quantitative estimate of drug-likeness (QED) is 0.169. The summed E-state index contributed by atoms with van der Waals surface area (Å²) in [7, 11) is 0. The number of carboxylic acids is 3. The Morgan fingerprint density at radius 3 is 2.30 bits per heavy atom. The van der Waals surface area contributed by atoms with Crippen molar-refractivity contribution in [2.24, 2.45) is 0 Å². The summed E-state index contributed by atoms with van der Waals surface area (Å²) in [6, 6.07) is 15.1. The van der Waals surface area contributed by atoms with Crippen LogP contribution in [0.3, 0.4) is 0 Å². The predicted molar refractivity (Wildman–Crippen MR) is 153 cm³/mol. The summed E-state index contributed by atoms with van der Waals surface area (Å²) in [5, 5.41) is 33.8. The van der Waals surface area contributed by atoms with Gasteiger partial charge in [0.2, 0.25) is 0 Å². The molecule has 4 N–H and O–H groups in total. The van der Waals surface area contributed by atoms with E-state index < -0.39 is 36.4 Å². The second-order valence-electron chi connectivity index (χ2n) is 10.0. The van der Waals surface area contributed by atoms with E-state index in [2.05, 4.69) is 43.1 Å². The molecule has 0 amide bonds. The largest absolute Gasteiger partial charge is 0.481 e. The van der Waals surface area contributed by atoms with Gasteiger partial charge in [-0.1, -0.05) is 12.1 Å². The van der Waals surface area contributed by atoms with Gasteiger partial charge < -0.3 is 29.6 Å². The van der Waals surface area contributed by atoms with Crippen molar-refractivity contribution in [1.29, 1.82) is 0 Å². The number of aryl methyl sites for hydroxylation is 2. The molecule has 0 aliphatic heterocycles. The maximum atomic E-state index is 13.7. The minimum atomic E-state index is -2.74. The van der Waals surface area contributed by atoms with Gasteiger partial charge in [-0.25, -0.2) is 19.2 Å². The van der Waals surface area contributed by atoms with Gasteiger partial charge in [-0.3, -0.25) is 14.5 Å². The van der Waals surface area contributed by atoms with Crippen LogP contribution in [0.2, 0.25) is 0 Å². The van der Waals surface area contributed by atoms with Crippen molar-refractivity contribution in [1.82, 2.24) is 24.0 Å². The Balaban J connectivity index is 0.000000331. The SMILES string of the molecule is Cc1ccnc(-n2cccc2CN(CCCn2ccnc2)Cc2cccc(F)c2)c1.O=C(O)CC(O)(CC(=O)O)C(=O)O. The molecule has 0 spiro atoms. The Morgan fingerprint density at radius 2 is 1.70 bits per heavy atom. The summed E-state index contributed by atoms with van der Waals surface area (Å²) in [4.78, 5) is 41.5. The van der Waals surface area contributed by atoms with Gasteiger partial charge in [0.25, 0.3) is 0 Å². The molecule has 43 heavy (non-hydrogen) atoms. The minimum Gasteiger partial charge on any atom is -0.481 e. The van der Waals surface area contributed by atoms with Gasteiger partial charge in [0.1, 0.15) is 11.6 Å². The topological polar surface area (TPSA) is 171 Å². The molecule has 4 aromatic rings. The number of hydrogen-bond acceptors (Lipinski definition) is 7. The van der Waals surface area contributed by atoms with E-state index in [1.165, 1.54) is 11.6 Å². The Bertz CT molecular complexity index is 1490. The number of halogens is 1. The van der Waals surface area contributed by atoms with Crippen LogP contribution < -0.4 is 0 Å². The first-order valence-corrected chi connectivity index (χ1v) is 13.4. The highest BCUT2D eigenvalue weighted by Crippen LogP contribution is 2.17. The summed E-state index contributed by atoms with van der Waals surface area (Å²) < 4.78 is 17.9. The molecule has 0 unspecified atom stereocenters. The summed E-state index contributed by atoms with van der Waals surface area (Å²) in [5.74, 6) is -4.30. The first kappa shape index (κ1) is 32.6. The summed E-state index contributed by atoms with van der Waals surface area (Å²) in [6.45, 7) is 5.30. The first-order chi connectivity index (χ1) is 20.4. The zero-order valence-corrected chi connectivity index (χ0v) is 23.6. The fraction of sp³-hybridized carbons (Fsp3) is 0.300. The van der Waals surface area contributed by atoms with Crippen LogP contribution in [-0.2, 0) is 34.0 Å². The lowest BCUT2D eigenvalue weighted by atomic mass is 9.96. The minimum absolute atomic E-state index is 0.196. The molecule has 3 heterocycles. The maximum absolute atomic E-state index is 13.7. The van der Waals surface area contributed by atoms with Crippen molar-refractivity contribution in [3.8, 4) is 5.82 Å². The molecule has 0 saturated carbocycles. The molecule has 0 saturated heterocycles. The van der Waals surface area contributed by atoms with E-state index in [1.54, 1.807) is 18.3 Å². The molecule has 228 valence electrons. The van der Waals surface area contributed by atoms with E-state index in [0.29, 0.717) is 6.54 Å². The van der Waals surface area contributed by atoms with E-state index in [4.69, 9.17) is 20.4 Å². The second-order valence-corrected chi connectivity index (χ2v) is 10.0. The van der Waals surface area contributed by atoms with Gasteiger partial charge in [-0.15, -0.1) is 0 Å². The number of hydrogen-bond donors (Lipinski definition) is 4. The van der Waals surface area contributed by atoms with E-state index in [-0.39, 0.29) is 5.82 Å². The highest BCUT2D eigenvalue weighted by atomic mass is 19.1. The van der Waals surface area contributed by atoms with Gasteiger partial charge in [0, 0.05) is 56.7 Å². The van der Waals surface area contributed by atoms with Crippen molar-refractivity contribution in [3.63, 3.8) is 0 Å². The van der Waals surface area contributed by atoms with Crippen LogP contribution in [-0.4, -0.2) is 74.5 Å². The van der Waals surface area contributed by atoms with Crippen LogP contribution in [0.4, 0.5) is 4.39 Å². The average Bonchev–Trinajstić information content (AvgIpc) is 3.60. The van der Waals surface area contributed by atoms with Crippen molar-refractivity contribution in [2.75, 3.05) is 6.54 Å². The molecule has 13 heteroatoms. The Morgan fingerprint density at radius 1 is 0.953 bits per heavy atom. The predicted octanol–water partition coefficient (Wildman–Crippen LogP) is 3.36. The van der Waals surface area contributed by atoms with Crippen LogP contribution in [0.25, 0.3) is 5.82 Å². The Labute approximate surface area is 247 Å². The number of aliphatic carboxylic acids is 3. The number of pyridine rings is 1. The third-order valence-electron chi connectivity index (χ3n) is 6.40. The van der Waals surface area contributed by atoms with Crippen LogP contribution in [0.15, 0.2) is 79.6 Å². The standard InChI is InChI=1S/C24H26FN5.C6H8O7/c1-20-8-9-27-24(15-20)30-13-3-7-23(30)18-29(12-4-11-28-14-10-26-19-28)17-21-5-2-6-22(25)16-21;7-3(8)1-6(13,5(11)12)2-4(9)10/h2-3,5-10,13-16,19H,4,11-12,17-18H2,1H3;13H,1-2H2,(H,7,8)(H,9,10)(H,11,12). The number of carbonyl (C=O) groups is 3. The van der Waals surface area contributed by atoms with Crippen molar-refractivity contribution in [3.05, 3.63) is 102 Å². The lowest BCUT2D eigenvalue weighted by Crippen LogP contribution is -2.42. The van der Waals surface area contributed by atoms with Gasteiger partial charge in [-0.2, -0.15) is 0 Å². The third kappa shape index (κ3) is 10.5. The molecule has 4 rings (SSSR count). The Kier molecular flexibility index (Phi) is 11.7. The summed E-state index contributed by atoms with van der Waals surface area (Å²) in [6.07, 6.45) is 8.19. The zero-order chi connectivity index (χ0) is 31.4. The average molecular weight is 596 g/mol. The number of benzene rings is 1. The highest BCUT2D eigenvalue weighted by Gasteiger charge is 2.40. The highest BCUT2D eigenvalue weighted by molar-refractivity contribution is 5.88. The molecule has 12 nitrogen and oxygen atoms in total. The lowest BCUT2D eigenvalue weighted by Gasteiger charge is -2.23. The maximum Gasteiger partial charge on any atom is 0.336 e. The molecular weight excluding hydrogens is 561 g/mol. The summed E-state index contributed by atoms with van der Waals surface area (Å²) in [5.41, 5.74) is 0.575. The molecule has 0 atom stereocenters. The van der Waals surface area contributed by atoms with Crippen LogP contribution >= 0.6 is 0 Å². The van der Waals surface area contributed by atoms with Crippen LogP contribution in [0, 0.1) is 12.7 Å². The number of nitrogens with zero attached hydrogens (tertiary/aromatic N) is 5. The second kappa shape index (κ2) is 15.4. The normalized spacial score (nSPS) is 11.2. The van der Waals surface area contributed by atoms with Crippen molar-refractivity contribution in [2.45, 2.75) is 51.4 Å².